The zero-order valence-electron chi connectivity index (χ0n) is 17.3. The Labute approximate surface area is 186 Å². The van der Waals surface area contributed by atoms with Gasteiger partial charge in [-0.3, -0.25) is 4.79 Å². The van der Waals surface area contributed by atoms with Crippen molar-refractivity contribution in [2.24, 2.45) is 0 Å². The average molecular weight is 451 g/mol. The summed E-state index contributed by atoms with van der Waals surface area (Å²) in [7, 11) is -3.88. The van der Waals surface area contributed by atoms with Crippen LogP contribution in [0.25, 0.3) is 0 Å². The van der Waals surface area contributed by atoms with Crippen molar-refractivity contribution in [3.8, 4) is 23.0 Å². The fourth-order valence-corrected chi connectivity index (χ4v) is 5.55. The van der Waals surface area contributed by atoms with Gasteiger partial charge in [0.25, 0.3) is 5.91 Å². The fourth-order valence-electron chi connectivity index (χ4n) is 3.91. The van der Waals surface area contributed by atoms with Crippen molar-refractivity contribution in [1.82, 2.24) is 4.31 Å². The van der Waals surface area contributed by atoms with Gasteiger partial charge in [-0.15, -0.1) is 0 Å². The minimum atomic E-state index is -3.88. The van der Waals surface area contributed by atoms with Gasteiger partial charge in [0, 0.05) is 19.2 Å². The van der Waals surface area contributed by atoms with Crippen LogP contribution < -0.4 is 14.8 Å². The molecule has 7 nitrogen and oxygen atoms in total. The van der Waals surface area contributed by atoms with E-state index in [1.54, 1.807) is 48.5 Å². The van der Waals surface area contributed by atoms with Gasteiger partial charge >= 0.3 is 0 Å². The number of nitrogens with one attached hydrogen (secondary N) is 1. The molecule has 164 valence electrons. The number of hydrogen-bond acceptors (Lipinski definition) is 5. The van der Waals surface area contributed by atoms with Crippen LogP contribution in [0.5, 0.6) is 23.0 Å². The Bertz CT molecular complexity index is 1270. The first-order chi connectivity index (χ1) is 15.5. The van der Waals surface area contributed by atoms with Gasteiger partial charge in [0.1, 0.15) is 16.4 Å². The van der Waals surface area contributed by atoms with Crippen molar-refractivity contribution < 1.29 is 22.7 Å². The van der Waals surface area contributed by atoms with Crippen LogP contribution in [0.3, 0.4) is 0 Å². The van der Waals surface area contributed by atoms with Crippen LogP contribution in [0.1, 0.15) is 29.6 Å². The van der Waals surface area contributed by atoms with Crippen molar-refractivity contribution in [2.45, 2.75) is 24.2 Å². The maximum absolute atomic E-state index is 13.6. The Balaban J connectivity index is 1.65. The number of anilines is 1. The van der Waals surface area contributed by atoms with E-state index in [-0.39, 0.29) is 22.0 Å². The molecule has 3 aromatic carbocycles. The fraction of sp³-hybridized carbons (Fsp3) is 0.208. The van der Waals surface area contributed by atoms with Gasteiger partial charge in [-0.25, -0.2) is 8.42 Å². The third kappa shape index (κ3) is 3.83. The van der Waals surface area contributed by atoms with E-state index in [2.05, 4.69) is 5.32 Å². The Hall–Kier alpha value is -3.36. The topological polar surface area (TPSA) is 84.9 Å². The lowest BCUT2D eigenvalue weighted by Crippen LogP contribution is -2.35. The molecule has 0 radical (unpaired) electrons. The van der Waals surface area contributed by atoms with Crippen LogP contribution in [0.4, 0.5) is 5.69 Å². The number of piperidine rings is 1. The Morgan fingerprint density at radius 3 is 2.38 bits per heavy atom. The van der Waals surface area contributed by atoms with Gasteiger partial charge in [0.15, 0.2) is 11.5 Å². The van der Waals surface area contributed by atoms with Crippen LogP contribution >= 0.6 is 0 Å². The lowest BCUT2D eigenvalue weighted by atomic mass is 10.1. The summed E-state index contributed by atoms with van der Waals surface area (Å²) in [6.07, 6.45) is 2.61. The highest BCUT2D eigenvalue weighted by Crippen LogP contribution is 2.42. The minimum absolute atomic E-state index is 0.0493. The number of carbonyl (C=O) groups excluding carboxylic acids is 1. The maximum Gasteiger partial charge on any atom is 0.259 e. The van der Waals surface area contributed by atoms with E-state index in [1.165, 1.54) is 16.4 Å². The smallest absolute Gasteiger partial charge is 0.259 e. The molecule has 0 saturated carbocycles. The number of carbonyl (C=O) groups is 1. The molecule has 2 heterocycles. The molecular weight excluding hydrogens is 428 g/mol. The zero-order chi connectivity index (χ0) is 22.1. The first-order valence-electron chi connectivity index (χ1n) is 10.5. The van der Waals surface area contributed by atoms with E-state index in [0.717, 1.165) is 19.3 Å². The number of hydrogen-bond donors (Lipinski definition) is 1. The number of nitrogens with zero attached hydrogens (tertiary/aromatic N) is 1. The number of fused-ring (bicyclic) bond motifs is 2. The molecule has 2 aliphatic rings. The minimum Gasteiger partial charge on any atom is -0.456 e. The molecule has 0 aliphatic carbocycles. The van der Waals surface area contributed by atoms with Crippen molar-refractivity contribution >= 4 is 21.6 Å². The molecule has 8 heteroatoms. The van der Waals surface area contributed by atoms with Crippen molar-refractivity contribution in [3.05, 3.63) is 72.3 Å². The lowest BCUT2D eigenvalue weighted by Gasteiger charge is -2.27. The average Bonchev–Trinajstić information content (AvgIpc) is 2.95. The highest BCUT2D eigenvalue weighted by atomic mass is 32.2. The third-order valence-electron chi connectivity index (χ3n) is 5.55. The van der Waals surface area contributed by atoms with E-state index in [9.17, 15) is 13.2 Å². The molecule has 5 rings (SSSR count). The summed E-state index contributed by atoms with van der Waals surface area (Å²) in [5.74, 6) is 0.868. The molecule has 0 atom stereocenters. The predicted octanol–water partition coefficient (Wildman–Crippen LogP) is 5.01. The summed E-state index contributed by atoms with van der Waals surface area (Å²) in [5.41, 5.74) is 0.650. The van der Waals surface area contributed by atoms with Crippen LogP contribution in [0.2, 0.25) is 0 Å². The predicted molar refractivity (Wildman–Crippen MR) is 120 cm³/mol. The van der Waals surface area contributed by atoms with Gasteiger partial charge in [-0.05, 0) is 43.2 Å². The Morgan fingerprint density at radius 2 is 1.59 bits per heavy atom. The van der Waals surface area contributed by atoms with Gasteiger partial charge in [-0.2, -0.15) is 4.31 Å². The number of rotatable bonds is 4. The monoisotopic (exact) mass is 450 g/mol. The standard InChI is InChI=1S/C24H22N2O5S/c27-24-18-15-23(32(28,29)26-13-7-2-8-14-26)22(30-17-9-3-1-4-10-17)16-21(18)31-20-12-6-5-11-19(20)25-24/h1,3-6,9-12,15-16H,2,7-8,13-14H2,(H,25,27). The number of benzene rings is 3. The van der Waals surface area contributed by atoms with Crippen LogP contribution in [-0.4, -0.2) is 31.7 Å². The van der Waals surface area contributed by atoms with Gasteiger partial charge < -0.3 is 14.8 Å². The summed E-state index contributed by atoms with van der Waals surface area (Å²) < 4.78 is 40.6. The highest BCUT2D eigenvalue weighted by molar-refractivity contribution is 7.89. The molecule has 1 amide bonds. The molecule has 3 aromatic rings. The Morgan fingerprint density at radius 1 is 0.875 bits per heavy atom. The van der Waals surface area contributed by atoms with E-state index in [0.29, 0.717) is 30.3 Å². The summed E-state index contributed by atoms with van der Waals surface area (Å²) in [6.45, 7) is 0.886. The normalized spacial score (nSPS) is 16.2. The number of sulfonamides is 1. The summed E-state index contributed by atoms with van der Waals surface area (Å²) in [4.78, 5) is 12.9. The summed E-state index contributed by atoms with van der Waals surface area (Å²) in [5, 5.41) is 2.79. The van der Waals surface area contributed by atoms with E-state index in [1.807, 2.05) is 6.07 Å². The molecule has 1 N–H and O–H groups in total. The van der Waals surface area contributed by atoms with E-state index < -0.39 is 15.9 Å². The van der Waals surface area contributed by atoms with Crippen molar-refractivity contribution in [3.63, 3.8) is 0 Å². The number of para-hydroxylation sites is 3. The molecule has 1 saturated heterocycles. The molecule has 1 fully saturated rings. The van der Waals surface area contributed by atoms with Crippen LogP contribution in [0, 0.1) is 0 Å². The number of ether oxygens (including phenoxy) is 2. The van der Waals surface area contributed by atoms with Gasteiger partial charge in [0.2, 0.25) is 10.0 Å². The van der Waals surface area contributed by atoms with Crippen molar-refractivity contribution in [1.29, 1.82) is 0 Å². The van der Waals surface area contributed by atoms with Crippen LogP contribution in [0.15, 0.2) is 71.6 Å². The van der Waals surface area contributed by atoms with Gasteiger partial charge in [0.05, 0.1) is 11.3 Å². The first-order valence-corrected chi connectivity index (χ1v) is 12.0. The first kappa shape index (κ1) is 20.5. The molecule has 0 spiro atoms. The quantitative estimate of drug-likeness (QED) is 0.604. The summed E-state index contributed by atoms with van der Waals surface area (Å²) >= 11 is 0. The third-order valence-corrected chi connectivity index (χ3v) is 7.47. The number of amides is 1. The SMILES string of the molecule is O=C1Nc2ccccc2Oc2cc(Oc3ccccc3)c(S(=O)(=O)N3CCCCC3)cc21. The molecular formula is C24H22N2O5S. The second kappa shape index (κ2) is 8.29. The Kier molecular flexibility index (Phi) is 5.32. The van der Waals surface area contributed by atoms with E-state index in [4.69, 9.17) is 9.47 Å². The second-order valence-corrected chi connectivity index (χ2v) is 9.63. The zero-order valence-corrected chi connectivity index (χ0v) is 18.1. The molecule has 2 aliphatic heterocycles. The lowest BCUT2D eigenvalue weighted by molar-refractivity contribution is 0.102. The maximum atomic E-state index is 13.6. The largest absolute Gasteiger partial charge is 0.456 e. The second-order valence-electron chi connectivity index (χ2n) is 7.73. The highest BCUT2D eigenvalue weighted by Gasteiger charge is 2.33. The molecule has 0 bridgehead atoms. The molecule has 32 heavy (non-hydrogen) atoms. The molecule has 0 aromatic heterocycles. The van der Waals surface area contributed by atoms with Crippen molar-refractivity contribution in [2.75, 3.05) is 18.4 Å². The van der Waals surface area contributed by atoms with E-state index >= 15 is 0 Å². The molecule has 0 unspecified atom stereocenters. The van der Waals surface area contributed by atoms with Gasteiger partial charge in [-0.1, -0.05) is 36.8 Å². The summed E-state index contributed by atoms with van der Waals surface area (Å²) in [6, 6.07) is 18.8. The van der Waals surface area contributed by atoms with Crippen LogP contribution in [-0.2, 0) is 10.0 Å².